The number of urea groups is 1. The Bertz CT molecular complexity index is 1800. The van der Waals surface area contributed by atoms with Crippen molar-refractivity contribution in [1.82, 2.24) is 25.8 Å². The van der Waals surface area contributed by atoms with Gasteiger partial charge in [0.05, 0.1) is 12.0 Å². The molecule has 2 fully saturated rings. The van der Waals surface area contributed by atoms with Crippen LogP contribution >= 0.6 is 0 Å². The van der Waals surface area contributed by atoms with Gasteiger partial charge in [-0.15, -0.1) is 0 Å². The molecule has 0 saturated carbocycles. The summed E-state index contributed by atoms with van der Waals surface area (Å²) in [6, 6.07) is 24.7. The maximum Gasteiger partial charge on any atom is 0.414 e. The van der Waals surface area contributed by atoms with Crippen molar-refractivity contribution >= 4 is 42.1 Å². The molecule has 6 amide bonds. The van der Waals surface area contributed by atoms with E-state index in [0.717, 1.165) is 21.6 Å². The van der Waals surface area contributed by atoms with Crippen molar-refractivity contribution in [3.05, 3.63) is 108 Å². The number of esters is 1. The van der Waals surface area contributed by atoms with Crippen LogP contribution in [-0.2, 0) is 48.4 Å². The Hall–Kier alpha value is -6.45. The molecule has 2 aliphatic heterocycles. The molecule has 0 radical (unpaired) electrons. The first-order valence-corrected chi connectivity index (χ1v) is 18.2. The number of hydrogen-bond donors (Lipinski definition) is 3. The molecule has 0 spiro atoms. The van der Waals surface area contributed by atoms with Gasteiger partial charge in [-0.25, -0.2) is 28.9 Å². The van der Waals surface area contributed by atoms with Crippen LogP contribution in [0.3, 0.4) is 0 Å². The van der Waals surface area contributed by atoms with Crippen LogP contribution in [0.15, 0.2) is 96.0 Å². The number of carbonyl (C=O) groups excluding carboxylic acids is 6. The van der Waals surface area contributed by atoms with E-state index in [1.54, 1.807) is 93.6 Å². The number of benzene rings is 3. The first kappa shape index (κ1) is 40.7. The number of hydrogen-bond acceptors (Lipinski definition) is 11. The van der Waals surface area contributed by atoms with Crippen LogP contribution in [0.1, 0.15) is 50.3 Å². The van der Waals surface area contributed by atoms with Gasteiger partial charge in [0, 0.05) is 19.6 Å². The quantitative estimate of drug-likeness (QED) is 0.0571. The van der Waals surface area contributed by atoms with Gasteiger partial charge in [0.15, 0.2) is 6.04 Å². The van der Waals surface area contributed by atoms with E-state index in [4.69, 9.17) is 18.9 Å². The van der Waals surface area contributed by atoms with Crippen molar-refractivity contribution in [2.75, 3.05) is 19.6 Å². The lowest BCUT2D eigenvalue weighted by molar-refractivity contribution is -0.171. The highest BCUT2D eigenvalue weighted by molar-refractivity contribution is 6.08. The highest BCUT2D eigenvalue weighted by Crippen LogP contribution is 2.34. The van der Waals surface area contributed by atoms with E-state index in [2.05, 4.69) is 20.9 Å². The normalized spacial score (nSPS) is 16.3. The fourth-order valence-electron chi connectivity index (χ4n) is 5.80. The van der Waals surface area contributed by atoms with Crippen molar-refractivity contribution in [3.63, 3.8) is 0 Å². The molecular formula is C40H46N6O10. The molecule has 3 aromatic rings. The summed E-state index contributed by atoms with van der Waals surface area (Å²) in [5.41, 5.74) is 1.53. The summed E-state index contributed by atoms with van der Waals surface area (Å²) >= 11 is 0. The molecule has 2 unspecified atom stereocenters. The molecule has 2 atom stereocenters. The summed E-state index contributed by atoms with van der Waals surface area (Å²) in [6.07, 6.45) is -2.03. The smallest absolute Gasteiger partial charge is 0.414 e. The summed E-state index contributed by atoms with van der Waals surface area (Å²) < 4.78 is 21.4. The predicted octanol–water partition coefficient (Wildman–Crippen LogP) is 4.87. The molecule has 16 heteroatoms. The maximum atomic E-state index is 13.5. The largest absolute Gasteiger partial charge is 0.459 e. The van der Waals surface area contributed by atoms with Crippen LogP contribution in [0.25, 0.3) is 0 Å². The molecular weight excluding hydrogens is 724 g/mol. The minimum atomic E-state index is -1.20. The number of guanidine groups is 1. The van der Waals surface area contributed by atoms with E-state index in [1.165, 1.54) is 4.90 Å². The fourth-order valence-corrected chi connectivity index (χ4v) is 5.80. The molecule has 0 aromatic heterocycles. The lowest BCUT2D eigenvalue weighted by Gasteiger charge is -2.48. The summed E-state index contributed by atoms with van der Waals surface area (Å²) in [5.74, 6) is -2.45. The highest BCUT2D eigenvalue weighted by Gasteiger charge is 2.56. The molecule has 5 rings (SSSR count). The standard InChI is InChI=1S/C40H46N6O10/c1-40(2,3)56-38(51)42-30-22-45(23-30)39(52)46-32(34(48)53-24-27-14-7-4-8-15-27)31(33(46)47)20-13-21-41-35(43-36(49)54-25-28-16-9-5-10-17-28)44-37(50)55-26-29-18-11-6-12-19-29/h4-12,14-19,30-32H,13,20-26H2,1-3H3,(H,42,51)(H2,41,43,44,49,50). The van der Waals surface area contributed by atoms with Crippen molar-refractivity contribution in [1.29, 1.82) is 0 Å². The summed E-state index contributed by atoms with van der Waals surface area (Å²) in [7, 11) is 0. The van der Waals surface area contributed by atoms with Crippen molar-refractivity contribution in [3.8, 4) is 0 Å². The summed E-state index contributed by atoms with van der Waals surface area (Å²) in [5, 5.41) is 7.53. The Morgan fingerprint density at radius 1 is 0.714 bits per heavy atom. The third-order valence-electron chi connectivity index (χ3n) is 8.57. The van der Waals surface area contributed by atoms with E-state index < -0.39 is 53.7 Å². The molecule has 296 valence electrons. The van der Waals surface area contributed by atoms with Crippen molar-refractivity contribution in [2.45, 2.75) is 71.1 Å². The number of nitrogens with one attached hydrogen (secondary N) is 3. The average Bonchev–Trinajstić information content (AvgIpc) is 3.15. The van der Waals surface area contributed by atoms with E-state index >= 15 is 0 Å². The zero-order valence-corrected chi connectivity index (χ0v) is 31.5. The number of β-lactam (4-membered cyclic amide) rings is 1. The van der Waals surface area contributed by atoms with E-state index in [-0.39, 0.29) is 64.3 Å². The minimum absolute atomic E-state index is 0.000906. The molecule has 0 aliphatic carbocycles. The maximum absolute atomic E-state index is 13.5. The van der Waals surface area contributed by atoms with Gasteiger partial charge in [-0.05, 0) is 50.3 Å². The third-order valence-corrected chi connectivity index (χ3v) is 8.57. The molecule has 3 aromatic carbocycles. The number of amides is 6. The SMILES string of the molecule is CC(C)(C)OC(=O)NC1CN(C(=O)N2C(=O)C(CCCN=C(NC(=O)OCc3ccccc3)NC(=O)OCc3ccccc3)C2C(=O)OCc2ccccc2)C1. The van der Waals surface area contributed by atoms with Gasteiger partial charge in [-0.1, -0.05) is 91.0 Å². The minimum Gasteiger partial charge on any atom is -0.459 e. The van der Waals surface area contributed by atoms with Crippen molar-refractivity contribution in [2.24, 2.45) is 10.9 Å². The lowest BCUT2D eigenvalue weighted by Crippen LogP contribution is -2.72. The first-order valence-electron chi connectivity index (χ1n) is 18.2. The molecule has 3 N–H and O–H groups in total. The van der Waals surface area contributed by atoms with Crippen LogP contribution in [0.2, 0.25) is 0 Å². The number of rotatable bonds is 12. The molecule has 56 heavy (non-hydrogen) atoms. The second kappa shape index (κ2) is 19.2. The lowest BCUT2D eigenvalue weighted by atomic mass is 9.83. The van der Waals surface area contributed by atoms with Gasteiger partial charge < -0.3 is 29.2 Å². The van der Waals surface area contributed by atoms with Crippen LogP contribution in [0.4, 0.5) is 19.2 Å². The molecule has 2 saturated heterocycles. The topological polar surface area (TPSA) is 194 Å². The summed E-state index contributed by atoms with van der Waals surface area (Å²) in [4.78, 5) is 84.4. The number of carbonyl (C=O) groups is 6. The van der Waals surface area contributed by atoms with Crippen LogP contribution in [0, 0.1) is 5.92 Å². The summed E-state index contributed by atoms with van der Waals surface area (Å²) in [6.45, 7) is 5.33. The predicted molar refractivity (Wildman–Crippen MR) is 202 cm³/mol. The van der Waals surface area contributed by atoms with Crippen LogP contribution < -0.4 is 16.0 Å². The number of ether oxygens (including phenoxy) is 4. The Balaban J connectivity index is 1.20. The Labute approximate surface area is 324 Å². The number of alkyl carbamates (subject to hydrolysis) is 3. The zero-order chi connectivity index (χ0) is 40.1. The Kier molecular flexibility index (Phi) is 14.0. The second-order valence-corrected chi connectivity index (χ2v) is 14.1. The number of aliphatic imine (C=N–C) groups is 1. The zero-order valence-electron chi connectivity index (χ0n) is 31.5. The van der Waals surface area contributed by atoms with Gasteiger partial charge in [0.25, 0.3) is 0 Å². The number of nitrogens with zero attached hydrogens (tertiary/aromatic N) is 3. The highest BCUT2D eigenvalue weighted by atomic mass is 16.6. The van der Waals surface area contributed by atoms with Gasteiger partial charge >= 0.3 is 30.3 Å². The fraction of sp³-hybridized carbons (Fsp3) is 0.375. The molecule has 0 bridgehead atoms. The number of likely N-dealkylation sites (tertiary alicyclic amines) is 2. The number of imide groups is 1. The average molecular weight is 771 g/mol. The Morgan fingerprint density at radius 2 is 1.20 bits per heavy atom. The Morgan fingerprint density at radius 3 is 1.68 bits per heavy atom. The van der Waals surface area contributed by atoms with Gasteiger partial charge in [0.2, 0.25) is 11.9 Å². The van der Waals surface area contributed by atoms with Crippen LogP contribution in [-0.4, -0.2) is 89.3 Å². The van der Waals surface area contributed by atoms with E-state index in [9.17, 15) is 28.8 Å². The molecule has 2 heterocycles. The second-order valence-electron chi connectivity index (χ2n) is 14.1. The van der Waals surface area contributed by atoms with E-state index in [0.29, 0.717) is 0 Å². The van der Waals surface area contributed by atoms with Crippen molar-refractivity contribution < 1.29 is 47.7 Å². The third kappa shape index (κ3) is 12.0. The van der Waals surface area contributed by atoms with Crippen LogP contribution in [0.5, 0.6) is 0 Å². The van der Waals surface area contributed by atoms with Gasteiger partial charge in [-0.2, -0.15) is 0 Å². The van der Waals surface area contributed by atoms with E-state index in [1.807, 2.05) is 18.2 Å². The van der Waals surface area contributed by atoms with Gasteiger partial charge in [-0.3, -0.25) is 20.4 Å². The first-order chi connectivity index (χ1) is 26.9. The molecule has 2 aliphatic rings. The monoisotopic (exact) mass is 770 g/mol. The van der Waals surface area contributed by atoms with Gasteiger partial charge in [0.1, 0.15) is 25.4 Å². The molecule has 16 nitrogen and oxygen atoms in total.